The zero-order valence-electron chi connectivity index (χ0n) is 17.6. The molecule has 1 aliphatic heterocycles. The van der Waals surface area contributed by atoms with Crippen LogP contribution in [0.1, 0.15) is 11.4 Å². The molecule has 0 aliphatic carbocycles. The summed E-state index contributed by atoms with van der Waals surface area (Å²) in [6.07, 6.45) is 1.31. The molecule has 0 spiro atoms. The van der Waals surface area contributed by atoms with Gasteiger partial charge in [-0.1, -0.05) is 0 Å². The van der Waals surface area contributed by atoms with Gasteiger partial charge in [-0.3, -0.25) is 5.10 Å². The Bertz CT molecular complexity index is 1190. The van der Waals surface area contributed by atoms with Crippen LogP contribution in [0.5, 0.6) is 5.75 Å². The second kappa shape index (κ2) is 7.89. The van der Waals surface area contributed by atoms with Crippen molar-refractivity contribution in [2.24, 2.45) is 0 Å². The molecule has 9 nitrogen and oxygen atoms in total. The number of sulfonamides is 1. The van der Waals surface area contributed by atoms with Crippen molar-refractivity contribution < 1.29 is 17.5 Å². The molecule has 0 amide bonds. The molecule has 0 unspecified atom stereocenters. The van der Waals surface area contributed by atoms with E-state index in [4.69, 9.17) is 4.74 Å². The normalized spacial score (nSPS) is 14.7. The van der Waals surface area contributed by atoms with Gasteiger partial charge in [-0.2, -0.15) is 9.40 Å². The summed E-state index contributed by atoms with van der Waals surface area (Å²) in [6, 6.07) is 6.61. The monoisotopic (exact) mass is 446 g/mol. The maximum Gasteiger partial charge on any atom is 0.246 e. The summed E-state index contributed by atoms with van der Waals surface area (Å²) >= 11 is 0. The smallest absolute Gasteiger partial charge is 0.246 e. The van der Waals surface area contributed by atoms with Crippen LogP contribution >= 0.6 is 0 Å². The van der Waals surface area contributed by atoms with Crippen LogP contribution < -0.4 is 9.64 Å². The Hall–Kier alpha value is -3.05. The van der Waals surface area contributed by atoms with E-state index in [-0.39, 0.29) is 22.4 Å². The number of anilines is 1. The highest BCUT2D eigenvalue weighted by atomic mass is 32.2. The molecule has 1 aromatic carbocycles. The van der Waals surface area contributed by atoms with Crippen molar-refractivity contribution in [1.82, 2.24) is 24.5 Å². The van der Waals surface area contributed by atoms with Crippen LogP contribution in [0.15, 0.2) is 35.5 Å². The second-order valence-electron chi connectivity index (χ2n) is 7.43. The summed E-state index contributed by atoms with van der Waals surface area (Å²) < 4.78 is 47.6. The van der Waals surface area contributed by atoms with Crippen molar-refractivity contribution in [3.8, 4) is 17.0 Å². The number of rotatable bonds is 6. The molecule has 0 saturated carbocycles. The summed E-state index contributed by atoms with van der Waals surface area (Å²) in [7, 11) is -0.625. The molecule has 31 heavy (non-hydrogen) atoms. The average molecular weight is 447 g/mol. The molecule has 3 heterocycles. The molecular formula is C20H23FN6O3S. The molecule has 1 saturated heterocycles. The quantitative estimate of drug-likeness (QED) is 0.619. The Morgan fingerprint density at radius 2 is 1.87 bits per heavy atom. The molecule has 11 heteroatoms. The van der Waals surface area contributed by atoms with Crippen LogP contribution in [0.3, 0.4) is 0 Å². The molecule has 164 valence electrons. The number of methoxy groups -OCH3 is 1. The van der Waals surface area contributed by atoms with Crippen molar-refractivity contribution in [2.45, 2.75) is 24.8 Å². The fourth-order valence-electron chi connectivity index (χ4n) is 3.65. The van der Waals surface area contributed by atoms with Gasteiger partial charge in [0, 0.05) is 25.7 Å². The number of aromatic amines is 1. The first-order valence-electron chi connectivity index (χ1n) is 9.63. The largest absolute Gasteiger partial charge is 0.497 e. The van der Waals surface area contributed by atoms with Crippen LogP contribution in [0, 0.1) is 19.7 Å². The Kier molecular flexibility index (Phi) is 5.40. The van der Waals surface area contributed by atoms with Gasteiger partial charge in [0.05, 0.1) is 24.5 Å². The minimum Gasteiger partial charge on any atom is -0.497 e. The Labute approximate surface area is 179 Å². The van der Waals surface area contributed by atoms with Crippen LogP contribution in [0.2, 0.25) is 0 Å². The highest BCUT2D eigenvalue weighted by Gasteiger charge is 2.40. The molecule has 0 atom stereocenters. The number of ether oxygens (including phenoxy) is 1. The minimum atomic E-state index is -3.72. The van der Waals surface area contributed by atoms with Crippen LogP contribution in [-0.4, -0.2) is 66.2 Å². The van der Waals surface area contributed by atoms with Gasteiger partial charge in [0.1, 0.15) is 22.7 Å². The zero-order valence-corrected chi connectivity index (χ0v) is 18.4. The van der Waals surface area contributed by atoms with Crippen molar-refractivity contribution in [3.63, 3.8) is 0 Å². The number of aryl methyl sites for hydroxylation is 2. The van der Waals surface area contributed by atoms with E-state index in [1.807, 2.05) is 0 Å². The average Bonchev–Trinajstić information content (AvgIpc) is 3.07. The van der Waals surface area contributed by atoms with E-state index in [9.17, 15) is 8.42 Å². The Balaban J connectivity index is 1.52. The number of likely N-dealkylation sites (N-methyl/N-ethyl adjacent to an activating group) is 1. The molecule has 0 bridgehead atoms. The van der Waals surface area contributed by atoms with E-state index >= 15 is 4.39 Å². The number of halogens is 1. The summed E-state index contributed by atoms with van der Waals surface area (Å²) in [4.78, 5) is 10.1. The molecule has 3 aromatic rings. The first-order valence-corrected chi connectivity index (χ1v) is 11.1. The highest BCUT2D eigenvalue weighted by Crippen LogP contribution is 2.32. The molecule has 1 aliphatic rings. The first kappa shape index (κ1) is 21.2. The lowest BCUT2D eigenvalue weighted by Crippen LogP contribution is -2.60. The summed E-state index contributed by atoms with van der Waals surface area (Å²) in [5, 5.41) is 6.68. The summed E-state index contributed by atoms with van der Waals surface area (Å²) in [6.45, 7) is 3.96. The number of benzene rings is 1. The molecule has 1 N–H and O–H groups in total. The maximum atomic E-state index is 15.2. The second-order valence-corrected chi connectivity index (χ2v) is 9.37. The zero-order chi connectivity index (χ0) is 22.3. The van der Waals surface area contributed by atoms with Gasteiger partial charge in [-0.25, -0.2) is 22.8 Å². The van der Waals surface area contributed by atoms with Crippen molar-refractivity contribution >= 4 is 15.8 Å². The fourth-order valence-corrected chi connectivity index (χ4v) is 5.32. The predicted octanol–water partition coefficient (Wildman–Crippen LogP) is 2.14. The van der Waals surface area contributed by atoms with E-state index in [0.717, 1.165) is 0 Å². The molecule has 2 aromatic heterocycles. The lowest BCUT2D eigenvalue weighted by Gasteiger charge is -2.44. The summed E-state index contributed by atoms with van der Waals surface area (Å²) in [5.41, 5.74) is 1.70. The van der Waals surface area contributed by atoms with E-state index in [0.29, 0.717) is 35.8 Å². The van der Waals surface area contributed by atoms with Crippen molar-refractivity contribution in [2.75, 3.05) is 32.1 Å². The lowest BCUT2D eigenvalue weighted by molar-refractivity contribution is 0.307. The number of hydrogen-bond acceptors (Lipinski definition) is 7. The van der Waals surface area contributed by atoms with E-state index in [1.165, 1.54) is 17.7 Å². The number of nitrogens with zero attached hydrogens (tertiary/aromatic N) is 5. The van der Waals surface area contributed by atoms with Gasteiger partial charge < -0.3 is 9.64 Å². The number of nitrogens with one attached hydrogen (secondary N) is 1. The molecule has 1 fully saturated rings. The lowest BCUT2D eigenvalue weighted by atomic mass is 10.1. The Morgan fingerprint density at radius 3 is 2.45 bits per heavy atom. The third-order valence-electron chi connectivity index (χ3n) is 5.51. The SMILES string of the molecule is COc1ccc(-c2ncnc(N3CC(N(C)S(=O)(=O)c4c(C)n[nH]c4C)C3)c2F)cc1. The third-order valence-corrected chi connectivity index (χ3v) is 7.68. The highest BCUT2D eigenvalue weighted by molar-refractivity contribution is 7.89. The molecular weight excluding hydrogens is 423 g/mol. The number of hydrogen-bond donors (Lipinski definition) is 1. The molecule has 4 rings (SSSR count). The maximum absolute atomic E-state index is 15.2. The van der Waals surface area contributed by atoms with E-state index in [2.05, 4.69) is 20.2 Å². The number of H-pyrrole nitrogens is 1. The van der Waals surface area contributed by atoms with Crippen molar-refractivity contribution in [3.05, 3.63) is 47.8 Å². The van der Waals surface area contributed by atoms with Gasteiger partial charge in [-0.05, 0) is 38.1 Å². The van der Waals surface area contributed by atoms with E-state index in [1.54, 1.807) is 50.1 Å². The van der Waals surface area contributed by atoms with Gasteiger partial charge in [0.15, 0.2) is 11.6 Å². The van der Waals surface area contributed by atoms with Crippen LogP contribution in [0.4, 0.5) is 10.2 Å². The van der Waals surface area contributed by atoms with Crippen LogP contribution in [-0.2, 0) is 10.0 Å². The van der Waals surface area contributed by atoms with Crippen molar-refractivity contribution in [1.29, 1.82) is 0 Å². The first-order chi connectivity index (χ1) is 14.7. The third kappa shape index (κ3) is 3.63. The van der Waals surface area contributed by atoms with Gasteiger partial charge in [0.25, 0.3) is 0 Å². The van der Waals surface area contributed by atoms with Gasteiger partial charge in [-0.15, -0.1) is 0 Å². The summed E-state index contributed by atoms with van der Waals surface area (Å²) in [5.74, 6) is 0.271. The topological polar surface area (TPSA) is 104 Å². The van der Waals surface area contributed by atoms with Gasteiger partial charge in [0.2, 0.25) is 10.0 Å². The fraction of sp³-hybridized carbons (Fsp3) is 0.350. The van der Waals surface area contributed by atoms with E-state index < -0.39 is 15.8 Å². The standard InChI is InChI=1S/C20H23FN6O3S/c1-12-19(13(2)25-24-12)31(28,29)26(3)15-9-27(10-15)20-17(21)18(22-11-23-20)14-5-7-16(30-4)8-6-14/h5-8,11,15H,9-10H2,1-4H3,(H,24,25). The minimum absolute atomic E-state index is 0.151. The predicted molar refractivity (Wildman–Crippen MR) is 113 cm³/mol. The van der Waals surface area contributed by atoms with Crippen LogP contribution in [0.25, 0.3) is 11.3 Å². The van der Waals surface area contributed by atoms with Gasteiger partial charge >= 0.3 is 0 Å². The Morgan fingerprint density at radius 1 is 1.19 bits per heavy atom. The molecule has 0 radical (unpaired) electrons. The number of aromatic nitrogens is 4.